The molecule has 1 unspecified atom stereocenters. The number of hydrogen-bond acceptors (Lipinski definition) is 4. The van der Waals surface area contributed by atoms with Gasteiger partial charge in [0.15, 0.2) is 0 Å². The van der Waals surface area contributed by atoms with Crippen molar-refractivity contribution in [2.45, 2.75) is 33.2 Å². The van der Waals surface area contributed by atoms with E-state index in [1.807, 2.05) is 32.0 Å². The minimum atomic E-state index is -3.66. The van der Waals surface area contributed by atoms with Crippen LogP contribution >= 0.6 is 0 Å². The monoisotopic (exact) mass is 390 g/mol. The lowest BCUT2D eigenvalue weighted by Crippen LogP contribution is -2.45. The van der Waals surface area contributed by atoms with Gasteiger partial charge < -0.3 is 10.1 Å². The normalized spacial score (nSPS) is 12.3. The van der Waals surface area contributed by atoms with Gasteiger partial charge in [-0.3, -0.25) is 9.10 Å². The molecule has 1 amide bonds. The van der Waals surface area contributed by atoms with E-state index in [1.54, 1.807) is 31.2 Å². The summed E-state index contributed by atoms with van der Waals surface area (Å²) in [6.45, 7) is 5.48. The van der Waals surface area contributed by atoms with Gasteiger partial charge in [-0.05, 0) is 55.7 Å². The van der Waals surface area contributed by atoms with Gasteiger partial charge in [-0.25, -0.2) is 8.42 Å². The number of hydrogen-bond donors (Lipinski definition) is 1. The number of sulfonamides is 1. The Labute approximate surface area is 161 Å². The molecule has 0 aliphatic carbocycles. The predicted octanol–water partition coefficient (Wildman–Crippen LogP) is 3.36. The highest BCUT2D eigenvalue weighted by Crippen LogP contribution is 2.27. The molecule has 0 heterocycles. The average Bonchev–Trinajstić information content (AvgIpc) is 2.61. The summed E-state index contributed by atoms with van der Waals surface area (Å²) in [5, 5.41) is 2.78. The minimum absolute atomic E-state index is 0.441. The second kappa shape index (κ2) is 8.43. The number of methoxy groups -OCH3 is 1. The Bertz CT molecular complexity index is 908. The lowest BCUT2D eigenvalue weighted by Gasteiger charge is -2.28. The summed E-state index contributed by atoms with van der Waals surface area (Å²) in [6, 6.07) is 11.6. The maximum atomic E-state index is 12.8. The predicted molar refractivity (Wildman–Crippen MR) is 109 cm³/mol. The van der Waals surface area contributed by atoms with Crippen LogP contribution in [0.4, 0.5) is 11.4 Å². The quantitative estimate of drug-likeness (QED) is 0.787. The van der Waals surface area contributed by atoms with E-state index in [1.165, 1.54) is 7.11 Å². The summed E-state index contributed by atoms with van der Waals surface area (Å²) in [6.07, 6.45) is 1.94. The first-order chi connectivity index (χ1) is 12.7. The van der Waals surface area contributed by atoms with Crippen LogP contribution in [0.2, 0.25) is 0 Å². The second-order valence-electron chi connectivity index (χ2n) is 6.45. The Morgan fingerprint density at radius 1 is 1.19 bits per heavy atom. The number of nitrogens with zero attached hydrogens (tertiary/aromatic N) is 1. The standard InChI is InChI=1S/C20H26N2O4S/c1-6-16-8-10-17(11-9-16)22(27(5,24)25)15(3)20(23)21-18-13-14(2)7-12-19(18)26-4/h7-13,15H,6H2,1-5H3,(H,21,23). The highest BCUT2D eigenvalue weighted by atomic mass is 32.2. The molecular weight excluding hydrogens is 364 g/mol. The van der Waals surface area contributed by atoms with Gasteiger partial charge in [-0.2, -0.15) is 0 Å². The lowest BCUT2D eigenvalue weighted by molar-refractivity contribution is -0.116. The van der Waals surface area contributed by atoms with E-state index in [4.69, 9.17) is 4.74 Å². The van der Waals surface area contributed by atoms with Crippen molar-refractivity contribution in [2.75, 3.05) is 23.0 Å². The molecule has 0 aromatic heterocycles. The third kappa shape index (κ3) is 5.01. The molecule has 2 aromatic rings. The summed E-state index contributed by atoms with van der Waals surface area (Å²) >= 11 is 0. The fourth-order valence-electron chi connectivity index (χ4n) is 2.84. The van der Waals surface area contributed by atoms with E-state index in [2.05, 4.69) is 5.32 Å². The van der Waals surface area contributed by atoms with Gasteiger partial charge in [0, 0.05) is 0 Å². The van der Waals surface area contributed by atoms with Gasteiger partial charge in [-0.1, -0.05) is 25.1 Å². The number of amides is 1. The molecule has 0 bridgehead atoms. The Balaban J connectivity index is 2.33. The number of aryl methyl sites for hydroxylation is 2. The van der Waals surface area contributed by atoms with Crippen LogP contribution in [0.1, 0.15) is 25.0 Å². The van der Waals surface area contributed by atoms with Crippen LogP contribution in [0, 0.1) is 6.92 Å². The summed E-state index contributed by atoms with van der Waals surface area (Å²) < 4.78 is 31.2. The number of rotatable bonds is 7. The van der Waals surface area contributed by atoms with E-state index in [9.17, 15) is 13.2 Å². The number of carbonyl (C=O) groups is 1. The van der Waals surface area contributed by atoms with Crippen molar-refractivity contribution in [1.82, 2.24) is 0 Å². The number of carbonyl (C=O) groups excluding carboxylic acids is 1. The first-order valence-electron chi connectivity index (χ1n) is 8.71. The van der Waals surface area contributed by atoms with Crippen LogP contribution in [0.25, 0.3) is 0 Å². The fourth-order valence-corrected chi connectivity index (χ4v) is 4.02. The van der Waals surface area contributed by atoms with Crippen molar-refractivity contribution >= 4 is 27.3 Å². The number of benzene rings is 2. The zero-order valence-electron chi connectivity index (χ0n) is 16.3. The van der Waals surface area contributed by atoms with Gasteiger partial charge in [0.2, 0.25) is 15.9 Å². The van der Waals surface area contributed by atoms with E-state index >= 15 is 0 Å². The maximum absolute atomic E-state index is 12.8. The Morgan fingerprint density at radius 2 is 1.81 bits per heavy atom. The minimum Gasteiger partial charge on any atom is -0.495 e. The van der Waals surface area contributed by atoms with Gasteiger partial charge in [0.25, 0.3) is 0 Å². The SMILES string of the molecule is CCc1ccc(N(C(C)C(=O)Nc2cc(C)ccc2OC)S(C)(=O)=O)cc1. The maximum Gasteiger partial charge on any atom is 0.248 e. The molecule has 0 saturated heterocycles. The first-order valence-corrected chi connectivity index (χ1v) is 10.6. The lowest BCUT2D eigenvalue weighted by atomic mass is 10.1. The smallest absolute Gasteiger partial charge is 0.248 e. The fraction of sp³-hybridized carbons (Fsp3) is 0.350. The Morgan fingerprint density at radius 3 is 2.33 bits per heavy atom. The number of ether oxygens (including phenoxy) is 1. The summed E-state index contributed by atoms with van der Waals surface area (Å²) in [4.78, 5) is 12.8. The second-order valence-corrected chi connectivity index (χ2v) is 8.31. The Kier molecular flexibility index (Phi) is 6.49. The summed E-state index contributed by atoms with van der Waals surface area (Å²) in [5.74, 6) is 0.0725. The molecule has 1 N–H and O–H groups in total. The molecule has 1 atom stereocenters. The van der Waals surface area contributed by atoms with E-state index in [-0.39, 0.29) is 0 Å². The first kappa shape index (κ1) is 20.8. The summed E-state index contributed by atoms with van der Waals surface area (Å²) in [7, 11) is -2.14. The van der Waals surface area contributed by atoms with Crippen LogP contribution in [0.15, 0.2) is 42.5 Å². The van der Waals surface area contributed by atoms with Crippen molar-refractivity contribution in [3.63, 3.8) is 0 Å². The van der Waals surface area contributed by atoms with Crippen LogP contribution in [0.5, 0.6) is 5.75 Å². The zero-order chi connectivity index (χ0) is 20.2. The van der Waals surface area contributed by atoms with Crippen molar-refractivity contribution in [3.05, 3.63) is 53.6 Å². The Hall–Kier alpha value is -2.54. The molecular formula is C20H26N2O4S. The summed E-state index contributed by atoms with van der Waals surface area (Å²) in [5.41, 5.74) is 3.00. The third-order valence-corrected chi connectivity index (χ3v) is 5.54. The third-order valence-electron chi connectivity index (χ3n) is 4.30. The molecule has 0 saturated carbocycles. The van der Waals surface area contributed by atoms with Crippen molar-refractivity contribution in [2.24, 2.45) is 0 Å². The molecule has 6 nitrogen and oxygen atoms in total. The van der Waals surface area contributed by atoms with Gasteiger partial charge in [-0.15, -0.1) is 0 Å². The number of nitrogens with one attached hydrogen (secondary N) is 1. The van der Waals surface area contributed by atoms with Crippen LogP contribution < -0.4 is 14.4 Å². The van der Waals surface area contributed by atoms with Gasteiger partial charge in [0.05, 0.1) is 24.7 Å². The van der Waals surface area contributed by atoms with Gasteiger partial charge >= 0.3 is 0 Å². The van der Waals surface area contributed by atoms with Crippen LogP contribution in [-0.2, 0) is 21.2 Å². The van der Waals surface area contributed by atoms with Gasteiger partial charge in [0.1, 0.15) is 11.8 Å². The molecule has 0 fully saturated rings. The van der Waals surface area contributed by atoms with E-state index in [0.717, 1.165) is 28.1 Å². The van der Waals surface area contributed by atoms with E-state index in [0.29, 0.717) is 17.1 Å². The van der Waals surface area contributed by atoms with Crippen LogP contribution in [-0.4, -0.2) is 33.7 Å². The van der Waals surface area contributed by atoms with E-state index < -0.39 is 22.0 Å². The molecule has 2 rings (SSSR count). The molecule has 0 radical (unpaired) electrons. The highest BCUT2D eigenvalue weighted by molar-refractivity contribution is 7.92. The topological polar surface area (TPSA) is 75.7 Å². The molecule has 2 aromatic carbocycles. The molecule has 0 aliphatic rings. The molecule has 0 spiro atoms. The number of anilines is 2. The average molecular weight is 391 g/mol. The highest BCUT2D eigenvalue weighted by Gasteiger charge is 2.29. The molecule has 7 heteroatoms. The van der Waals surface area contributed by atoms with Crippen molar-refractivity contribution in [3.8, 4) is 5.75 Å². The van der Waals surface area contributed by atoms with Crippen molar-refractivity contribution in [1.29, 1.82) is 0 Å². The largest absolute Gasteiger partial charge is 0.495 e. The van der Waals surface area contributed by atoms with Crippen LogP contribution in [0.3, 0.4) is 0 Å². The van der Waals surface area contributed by atoms with Crippen molar-refractivity contribution < 1.29 is 17.9 Å². The zero-order valence-corrected chi connectivity index (χ0v) is 17.1. The molecule has 0 aliphatic heterocycles. The molecule has 27 heavy (non-hydrogen) atoms. The molecule has 146 valence electrons.